The molecule has 1 atom stereocenters. The normalized spacial score (nSPS) is 12.0. The van der Waals surface area contributed by atoms with Gasteiger partial charge in [0.2, 0.25) is 0 Å². The van der Waals surface area contributed by atoms with Crippen LogP contribution in [-0.2, 0) is 28.6 Å². The summed E-state index contributed by atoms with van der Waals surface area (Å²) in [5.74, 6) is -0.850. The van der Waals surface area contributed by atoms with Crippen LogP contribution in [-0.4, -0.2) is 37.2 Å². The molecule has 0 aliphatic rings. The maximum Gasteiger partial charge on any atom is 0.306 e. The fourth-order valence-electron chi connectivity index (χ4n) is 10.8. The molecule has 6 nitrogen and oxygen atoms in total. The fraction of sp³-hybridized carbons (Fsp3) is 0.929. The molecule has 0 fully saturated rings. The first kappa shape index (κ1) is 74.2. The summed E-state index contributed by atoms with van der Waals surface area (Å²) in [7, 11) is 0. The lowest BCUT2D eigenvalue weighted by Gasteiger charge is -2.18. The van der Waals surface area contributed by atoms with E-state index in [9.17, 15) is 14.4 Å². The average Bonchev–Trinajstić information content (AvgIpc) is 3.42. The highest BCUT2D eigenvalue weighted by Crippen LogP contribution is 2.19. The molecule has 0 rings (SSSR count). The molecule has 0 aromatic carbocycles. The van der Waals surface area contributed by atoms with Crippen molar-refractivity contribution in [2.75, 3.05) is 13.2 Å². The van der Waals surface area contributed by atoms with E-state index in [1.54, 1.807) is 0 Å². The Morgan fingerprint density at radius 1 is 0.250 bits per heavy atom. The molecule has 1 unspecified atom stereocenters. The first-order chi connectivity index (χ1) is 37.5. The van der Waals surface area contributed by atoms with Crippen LogP contribution in [0.1, 0.15) is 400 Å². The quantitative estimate of drug-likeness (QED) is 0.0261. The highest BCUT2D eigenvalue weighted by molar-refractivity contribution is 5.71. The smallest absolute Gasteiger partial charge is 0.306 e. The molecule has 0 saturated heterocycles. The van der Waals surface area contributed by atoms with E-state index in [-0.39, 0.29) is 31.1 Å². The van der Waals surface area contributed by atoms with E-state index in [4.69, 9.17) is 14.2 Å². The second kappa shape index (κ2) is 65.7. The van der Waals surface area contributed by atoms with Crippen LogP contribution in [0.2, 0.25) is 0 Å². The van der Waals surface area contributed by atoms with Crippen molar-refractivity contribution in [3.8, 4) is 0 Å². The third-order valence-corrected chi connectivity index (χ3v) is 16.0. The molecule has 0 aromatic rings. The minimum Gasteiger partial charge on any atom is -0.462 e. The third-order valence-electron chi connectivity index (χ3n) is 16.0. The largest absolute Gasteiger partial charge is 0.462 e. The Hall–Kier alpha value is -1.85. The molecule has 76 heavy (non-hydrogen) atoms. The molecule has 0 heterocycles. The summed E-state index contributed by atoms with van der Waals surface area (Å²) < 4.78 is 16.9. The van der Waals surface area contributed by atoms with Crippen LogP contribution in [0.25, 0.3) is 0 Å². The second-order valence-electron chi connectivity index (χ2n) is 23.8. The summed E-state index contributed by atoms with van der Waals surface area (Å²) in [6.07, 6.45) is 78.4. The van der Waals surface area contributed by atoms with Crippen LogP contribution in [0.15, 0.2) is 12.2 Å². The van der Waals surface area contributed by atoms with Gasteiger partial charge in [-0.1, -0.05) is 348 Å². The predicted molar refractivity (Wildman–Crippen MR) is 330 cm³/mol. The first-order valence-electron chi connectivity index (χ1n) is 34.7. The molecule has 0 aliphatic carbocycles. The highest BCUT2D eigenvalue weighted by Gasteiger charge is 2.19. The molecule has 450 valence electrons. The Balaban J connectivity index is 3.96. The van der Waals surface area contributed by atoms with E-state index < -0.39 is 6.10 Å². The minimum absolute atomic E-state index is 0.0674. The number of ether oxygens (including phenoxy) is 3. The molecule has 0 saturated carbocycles. The third kappa shape index (κ3) is 63.0. The maximum absolute atomic E-state index is 12.8. The zero-order valence-electron chi connectivity index (χ0n) is 51.8. The van der Waals surface area contributed by atoms with Crippen LogP contribution < -0.4 is 0 Å². The number of rotatable bonds is 65. The van der Waals surface area contributed by atoms with Gasteiger partial charge >= 0.3 is 17.9 Å². The Kier molecular flexibility index (Phi) is 64.1. The van der Waals surface area contributed by atoms with E-state index in [1.807, 2.05) is 0 Å². The van der Waals surface area contributed by atoms with Crippen LogP contribution in [0.5, 0.6) is 0 Å². The number of carbonyl (C=O) groups is 3. The monoisotopic (exact) mass is 1070 g/mol. The topological polar surface area (TPSA) is 78.9 Å². The molecule has 0 N–H and O–H groups in total. The van der Waals surface area contributed by atoms with Gasteiger partial charge in [0.1, 0.15) is 13.2 Å². The Morgan fingerprint density at radius 2 is 0.434 bits per heavy atom. The number of allylic oxidation sites excluding steroid dienone is 2. The van der Waals surface area contributed by atoms with Crippen molar-refractivity contribution >= 4 is 17.9 Å². The van der Waals surface area contributed by atoms with Gasteiger partial charge in [-0.2, -0.15) is 0 Å². The van der Waals surface area contributed by atoms with Crippen LogP contribution >= 0.6 is 0 Å². The van der Waals surface area contributed by atoms with Gasteiger partial charge in [0.05, 0.1) is 0 Å². The van der Waals surface area contributed by atoms with Gasteiger partial charge in [0.15, 0.2) is 6.10 Å². The number of carbonyl (C=O) groups excluding carboxylic acids is 3. The van der Waals surface area contributed by atoms with Crippen molar-refractivity contribution in [2.45, 2.75) is 406 Å². The summed E-state index contributed by atoms with van der Waals surface area (Å²) in [6.45, 7) is 6.67. The van der Waals surface area contributed by atoms with Gasteiger partial charge in [0.25, 0.3) is 0 Å². The van der Waals surface area contributed by atoms with Crippen molar-refractivity contribution in [1.82, 2.24) is 0 Å². The zero-order chi connectivity index (χ0) is 55.0. The SMILES string of the molecule is CCCCC/C=C\CCCCCCCC(=O)OC(COC(=O)CCCCCCCCCCCCCC)COC(=O)CCCCCCCCCCCCCCCCCCCCCCCCCCCCCCCCCCCC. The Bertz CT molecular complexity index is 1180. The van der Waals surface area contributed by atoms with Crippen LogP contribution in [0, 0.1) is 0 Å². The summed E-state index contributed by atoms with van der Waals surface area (Å²) in [5, 5.41) is 0. The summed E-state index contributed by atoms with van der Waals surface area (Å²) >= 11 is 0. The second-order valence-corrected chi connectivity index (χ2v) is 23.8. The van der Waals surface area contributed by atoms with Crippen molar-refractivity contribution < 1.29 is 28.6 Å². The molecule has 0 spiro atoms. The molecular weight excluding hydrogens is 937 g/mol. The van der Waals surface area contributed by atoms with Crippen molar-refractivity contribution in [1.29, 1.82) is 0 Å². The lowest BCUT2D eigenvalue weighted by atomic mass is 10.0. The number of esters is 3. The molecule has 6 heteroatoms. The average molecular weight is 1070 g/mol. The van der Waals surface area contributed by atoms with E-state index in [0.717, 1.165) is 64.2 Å². The van der Waals surface area contributed by atoms with Gasteiger partial charge in [-0.25, -0.2) is 0 Å². The summed E-state index contributed by atoms with van der Waals surface area (Å²) in [6, 6.07) is 0. The van der Waals surface area contributed by atoms with Gasteiger partial charge in [-0.15, -0.1) is 0 Å². The molecule has 0 aromatic heterocycles. The van der Waals surface area contributed by atoms with E-state index in [0.29, 0.717) is 19.3 Å². The molecule has 0 bridgehead atoms. The molecule has 0 radical (unpaired) electrons. The predicted octanol–water partition coefficient (Wildman–Crippen LogP) is 23.6. The number of hydrogen-bond donors (Lipinski definition) is 0. The van der Waals surface area contributed by atoms with Gasteiger partial charge in [0, 0.05) is 19.3 Å². The number of hydrogen-bond acceptors (Lipinski definition) is 6. The Labute approximate surface area is 475 Å². The molecule has 0 amide bonds. The van der Waals surface area contributed by atoms with E-state index in [1.165, 1.54) is 295 Å². The van der Waals surface area contributed by atoms with Crippen molar-refractivity contribution in [2.24, 2.45) is 0 Å². The van der Waals surface area contributed by atoms with Gasteiger partial charge in [-0.3, -0.25) is 14.4 Å². The van der Waals surface area contributed by atoms with Crippen LogP contribution in [0.4, 0.5) is 0 Å². The van der Waals surface area contributed by atoms with E-state index >= 15 is 0 Å². The standard InChI is InChI=1S/C70H134O6/c1-4-7-10-13-16-19-22-25-26-27-28-29-30-31-32-33-34-35-36-37-38-39-40-41-42-43-44-45-46-49-51-54-57-60-63-69(72)75-66-67(76-70(73)64-61-58-55-52-48-24-21-18-15-12-9-6-3)65-74-68(71)62-59-56-53-50-47-23-20-17-14-11-8-5-2/h18,21,67H,4-17,19-20,22-66H2,1-3H3/b21-18-. The fourth-order valence-corrected chi connectivity index (χ4v) is 10.8. The van der Waals surface area contributed by atoms with Gasteiger partial charge < -0.3 is 14.2 Å². The Morgan fingerprint density at radius 3 is 0.684 bits per heavy atom. The maximum atomic E-state index is 12.8. The lowest BCUT2D eigenvalue weighted by Crippen LogP contribution is -2.30. The summed E-state index contributed by atoms with van der Waals surface area (Å²) in [4.78, 5) is 38.2. The lowest BCUT2D eigenvalue weighted by molar-refractivity contribution is -0.167. The molecule has 0 aliphatic heterocycles. The van der Waals surface area contributed by atoms with Crippen molar-refractivity contribution in [3.05, 3.63) is 12.2 Å². The summed E-state index contributed by atoms with van der Waals surface area (Å²) in [5.41, 5.74) is 0. The minimum atomic E-state index is -0.769. The highest BCUT2D eigenvalue weighted by atomic mass is 16.6. The number of unbranched alkanes of at least 4 members (excludes halogenated alkanes) is 52. The van der Waals surface area contributed by atoms with Gasteiger partial charge in [-0.05, 0) is 44.9 Å². The first-order valence-corrected chi connectivity index (χ1v) is 34.7. The van der Waals surface area contributed by atoms with Crippen molar-refractivity contribution in [3.63, 3.8) is 0 Å². The van der Waals surface area contributed by atoms with Crippen LogP contribution in [0.3, 0.4) is 0 Å². The van der Waals surface area contributed by atoms with E-state index in [2.05, 4.69) is 32.9 Å². The molecular formula is C70H134O6. The zero-order valence-corrected chi connectivity index (χ0v) is 51.8.